The maximum Gasteiger partial charge on any atom is 0.254 e. The minimum absolute atomic E-state index is 0.0236. The van der Waals surface area contributed by atoms with Gasteiger partial charge in [0.15, 0.2) is 0 Å². The van der Waals surface area contributed by atoms with Gasteiger partial charge >= 0.3 is 0 Å². The van der Waals surface area contributed by atoms with Crippen LogP contribution in [0.1, 0.15) is 39.1 Å². The summed E-state index contributed by atoms with van der Waals surface area (Å²) in [6.45, 7) is 5.66. The molecule has 2 aliphatic rings. The number of rotatable bonds is 5. The van der Waals surface area contributed by atoms with E-state index in [1.165, 1.54) is 0 Å². The van der Waals surface area contributed by atoms with Crippen molar-refractivity contribution < 1.29 is 19.1 Å². The van der Waals surface area contributed by atoms with Crippen LogP contribution in [-0.2, 0) is 4.74 Å². The van der Waals surface area contributed by atoms with Gasteiger partial charge in [-0.1, -0.05) is 17.7 Å². The Labute approximate surface area is 177 Å². The SMILES string of the molecule is Cc1ccc(C(=O)N2CCCC2COc2ccc(C(=O)N3CCOCC3)cc2)cc1. The van der Waals surface area contributed by atoms with Crippen LogP contribution in [0.25, 0.3) is 0 Å². The van der Waals surface area contributed by atoms with Crippen LogP contribution in [-0.4, -0.2) is 67.1 Å². The summed E-state index contributed by atoms with van der Waals surface area (Å²) < 4.78 is 11.3. The highest BCUT2D eigenvalue weighted by atomic mass is 16.5. The third kappa shape index (κ3) is 4.65. The van der Waals surface area contributed by atoms with Gasteiger partial charge in [-0.15, -0.1) is 0 Å². The number of nitrogens with zero attached hydrogens (tertiary/aromatic N) is 2. The van der Waals surface area contributed by atoms with Crippen molar-refractivity contribution in [3.63, 3.8) is 0 Å². The van der Waals surface area contributed by atoms with Crippen LogP contribution in [0.15, 0.2) is 48.5 Å². The van der Waals surface area contributed by atoms with E-state index in [-0.39, 0.29) is 17.9 Å². The highest BCUT2D eigenvalue weighted by Crippen LogP contribution is 2.22. The fourth-order valence-electron chi connectivity index (χ4n) is 3.97. The van der Waals surface area contributed by atoms with Crippen molar-refractivity contribution in [1.29, 1.82) is 0 Å². The van der Waals surface area contributed by atoms with Crippen LogP contribution in [0.3, 0.4) is 0 Å². The van der Waals surface area contributed by atoms with E-state index in [9.17, 15) is 9.59 Å². The molecule has 6 nitrogen and oxygen atoms in total. The van der Waals surface area contributed by atoms with Crippen molar-refractivity contribution in [3.05, 3.63) is 65.2 Å². The smallest absolute Gasteiger partial charge is 0.254 e. The molecular weight excluding hydrogens is 380 g/mol. The molecule has 158 valence electrons. The lowest BCUT2D eigenvalue weighted by atomic mass is 10.1. The van der Waals surface area contributed by atoms with E-state index in [4.69, 9.17) is 9.47 Å². The maximum atomic E-state index is 12.9. The van der Waals surface area contributed by atoms with Crippen molar-refractivity contribution >= 4 is 11.8 Å². The number of amides is 2. The molecule has 0 radical (unpaired) electrons. The number of carbonyl (C=O) groups excluding carboxylic acids is 2. The van der Waals surface area contributed by atoms with Crippen molar-refractivity contribution in [2.75, 3.05) is 39.5 Å². The number of morpholine rings is 1. The van der Waals surface area contributed by atoms with Gasteiger partial charge in [-0.2, -0.15) is 0 Å². The molecule has 2 aliphatic heterocycles. The van der Waals surface area contributed by atoms with Gasteiger partial charge in [0.05, 0.1) is 19.3 Å². The van der Waals surface area contributed by atoms with Crippen LogP contribution < -0.4 is 4.74 Å². The molecule has 0 saturated carbocycles. The van der Waals surface area contributed by atoms with Gasteiger partial charge in [0.1, 0.15) is 12.4 Å². The van der Waals surface area contributed by atoms with Crippen LogP contribution in [0.5, 0.6) is 5.75 Å². The molecule has 30 heavy (non-hydrogen) atoms. The largest absolute Gasteiger partial charge is 0.491 e. The third-order valence-electron chi connectivity index (χ3n) is 5.78. The molecule has 2 amide bonds. The first-order chi connectivity index (χ1) is 14.6. The Balaban J connectivity index is 1.34. The standard InChI is InChI=1S/C24H28N2O4/c1-18-4-6-20(7-5-18)24(28)26-12-2-3-21(26)17-30-22-10-8-19(9-11-22)23(27)25-13-15-29-16-14-25/h4-11,21H,2-3,12-17H2,1H3. The predicted octanol–water partition coefficient (Wildman–Crippen LogP) is 3.15. The lowest BCUT2D eigenvalue weighted by Gasteiger charge is -2.27. The highest BCUT2D eigenvalue weighted by molar-refractivity contribution is 5.95. The Hall–Kier alpha value is -2.86. The molecule has 4 rings (SSSR count). The quantitative estimate of drug-likeness (QED) is 0.763. The zero-order chi connectivity index (χ0) is 20.9. The highest BCUT2D eigenvalue weighted by Gasteiger charge is 2.30. The molecule has 0 bridgehead atoms. The van der Waals surface area contributed by atoms with Gasteiger partial charge in [-0.25, -0.2) is 0 Å². The van der Waals surface area contributed by atoms with E-state index in [0.717, 1.165) is 30.5 Å². The maximum absolute atomic E-state index is 12.9. The molecule has 1 atom stereocenters. The molecule has 0 spiro atoms. The van der Waals surface area contributed by atoms with E-state index in [1.807, 2.05) is 53.1 Å². The average molecular weight is 408 g/mol. The minimum Gasteiger partial charge on any atom is -0.491 e. The van der Waals surface area contributed by atoms with Crippen LogP contribution in [0.4, 0.5) is 0 Å². The number of hydrogen-bond donors (Lipinski definition) is 0. The van der Waals surface area contributed by atoms with Gasteiger partial charge in [-0.3, -0.25) is 9.59 Å². The normalized spacial score (nSPS) is 19.0. The van der Waals surface area contributed by atoms with Gasteiger partial charge in [-0.05, 0) is 56.2 Å². The molecule has 2 aromatic rings. The zero-order valence-corrected chi connectivity index (χ0v) is 17.4. The number of benzene rings is 2. The summed E-state index contributed by atoms with van der Waals surface area (Å²) in [4.78, 5) is 29.1. The first-order valence-electron chi connectivity index (χ1n) is 10.6. The summed E-state index contributed by atoms with van der Waals surface area (Å²) in [6.07, 6.45) is 1.92. The summed E-state index contributed by atoms with van der Waals surface area (Å²) in [6, 6.07) is 15.0. The molecule has 2 heterocycles. The van der Waals surface area contributed by atoms with Gasteiger partial charge in [0.25, 0.3) is 11.8 Å². The van der Waals surface area contributed by atoms with Crippen molar-refractivity contribution in [2.45, 2.75) is 25.8 Å². The number of likely N-dealkylation sites (tertiary alicyclic amines) is 1. The van der Waals surface area contributed by atoms with Gasteiger partial charge in [0.2, 0.25) is 0 Å². The Morgan fingerprint density at radius 3 is 2.27 bits per heavy atom. The first kappa shape index (κ1) is 20.4. The third-order valence-corrected chi connectivity index (χ3v) is 5.78. The Bertz CT molecular complexity index is 873. The number of carbonyl (C=O) groups is 2. The fraction of sp³-hybridized carbons (Fsp3) is 0.417. The zero-order valence-electron chi connectivity index (χ0n) is 17.4. The molecule has 0 aromatic heterocycles. The molecule has 2 aromatic carbocycles. The lowest BCUT2D eigenvalue weighted by Crippen LogP contribution is -2.40. The topological polar surface area (TPSA) is 59.1 Å². The molecule has 2 fully saturated rings. The monoisotopic (exact) mass is 408 g/mol. The predicted molar refractivity (Wildman–Crippen MR) is 114 cm³/mol. The molecule has 0 aliphatic carbocycles. The second kappa shape index (κ2) is 9.30. The Morgan fingerprint density at radius 1 is 0.933 bits per heavy atom. The molecular formula is C24H28N2O4. The minimum atomic E-state index is 0.0236. The van der Waals surface area contributed by atoms with E-state index >= 15 is 0 Å². The van der Waals surface area contributed by atoms with Gasteiger partial charge in [0, 0.05) is 30.8 Å². The molecule has 6 heteroatoms. The summed E-state index contributed by atoms with van der Waals surface area (Å²) in [5.41, 5.74) is 2.52. The van der Waals surface area contributed by atoms with E-state index < -0.39 is 0 Å². The van der Waals surface area contributed by atoms with Crippen LogP contribution >= 0.6 is 0 Å². The van der Waals surface area contributed by atoms with Crippen LogP contribution in [0.2, 0.25) is 0 Å². The average Bonchev–Trinajstić information content (AvgIpc) is 3.27. The fourth-order valence-corrected chi connectivity index (χ4v) is 3.97. The van der Waals surface area contributed by atoms with E-state index in [0.29, 0.717) is 44.2 Å². The van der Waals surface area contributed by atoms with Crippen molar-refractivity contribution in [1.82, 2.24) is 9.80 Å². The van der Waals surface area contributed by atoms with Gasteiger partial charge < -0.3 is 19.3 Å². The Kier molecular flexibility index (Phi) is 6.33. The van der Waals surface area contributed by atoms with E-state index in [2.05, 4.69) is 0 Å². The summed E-state index contributed by atoms with van der Waals surface area (Å²) in [7, 11) is 0. The summed E-state index contributed by atoms with van der Waals surface area (Å²) in [5.74, 6) is 0.797. The number of aryl methyl sites for hydroxylation is 1. The number of hydrogen-bond acceptors (Lipinski definition) is 4. The van der Waals surface area contributed by atoms with E-state index in [1.54, 1.807) is 12.1 Å². The molecule has 0 N–H and O–H groups in total. The Morgan fingerprint density at radius 2 is 1.57 bits per heavy atom. The van der Waals surface area contributed by atoms with Crippen molar-refractivity contribution in [2.24, 2.45) is 0 Å². The molecule has 1 unspecified atom stereocenters. The second-order valence-corrected chi connectivity index (χ2v) is 7.90. The summed E-state index contributed by atoms with van der Waals surface area (Å²) in [5, 5.41) is 0. The van der Waals surface area contributed by atoms with Crippen molar-refractivity contribution in [3.8, 4) is 5.75 Å². The number of ether oxygens (including phenoxy) is 2. The molecule has 2 saturated heterocycles. The first-order valence-corrected chi connectivity index (χ1v) is 10.6. The van der Waals surface area contributed by atoms with Crippen LogP contribution in [0, 0.1) is 6.92 Å². The summed E-state index contributed by atoms with van der Waals surface area (Å²) >= 11 is 0. The lowest BCUT2D eigenvalue weighted by molar-refractivity contribution is 0.0303. The second-order valence-electron chi connectivity index (χ2n) is 7.90.